The first-order chi connectivity index (χ1) is 11.9. The number of aryl methyl sites for hydroxylation is 2. The van der Waals surface area contributed by atoms with Gasteiger partial charge in [0.1, 0.15) is 16.3 Å². The van der Waals surface area contributed by atoms with Crippen LogP contribution in [0.2, 0.25) is 0 Å². The van der Waals surface area contributed by atoms with Crippen LogP contribution in [0.3, 0.4) is 0 Å². The smallest absolute Gasteiger partial charge is 0.248 e. The van der Waals surface area contributed by atoms with Gasteiger partial charge < -0.3 is 9.26 Å². The predicted octanol–water partition coefficient (Wildman–Crippen LogP) is 1.81. The molecule has 1 aliphatic heterocycles. The summed E-state index contributed by atoms with van der Waals surface area (Å²) in [6.45, 7) is 6.38. The summed E-state index contributed by atoms with van der Waals surface area (Å²) in [5.74, 6) is 1.18. The van der Waals surface area contributed by atoms with Gasteiger partial charge in [0, 0.05) is 32.7 Å². The fourth-order valence-corrected chi connectivity index (χ4v) is 4.80. The highest BCUT2D eigenvalue weighted by Gasteiger charge is 2.33. The van der Waals surface area contributed by atoms with Crippen LogP contribution in [0.1, 0.15) is 17.0 Å². The van der Waals surface area contributed by atoms with E-state index in [0.29, 0.717) is 37.6 Å². The van der Waals surface area contributed by atoms with Gasteiger partial charge in [0.05, 0.1) is 7.11 Å². The van der Waals surface area contributed by atoms with Gasteiger partial charge in [-0.2, -0.15) is 4.31 Å². The van der Waals surface area contributed by atoms with E-state index in [2.05, 4.69) is 10.1 Å². The van der Waals surface area contributed by atoms with Gasteiger partial charge in [0.2, 0.25) is 10.0 Å². The van der Waals surface area contributed by atoms with Gasteiger partial charge in [-0.15, -0.1) is 0 Å². The molecule has 0 amide bonds. The summed E-state index contributed by atoms with van der Waals surface area (Å²) in [4.78, 5) is 2.46. The molecule has 136 valence electrons. The van der Waals surface area contributed by atoms with Crippen molar-refractivity contribution < 1.29 is 17.7 Å². The second-order valence-corrected chi connectivity index (χ2v) is 8.06. The van der Waals surface area contributed by atoms with Gasteiger partial charge in [0.15, 0.2) is 5.76 Å². The SMILES string of the molecule is COc1ccc(CN2CCN(S(=O)(=O)c3c(C)noc3C)CC2)cc1. The monoisotopic (exact) mass is 365 g/mol. The van der Waals surface area contributed by atoms with E-state index in [1.165, 1.54) is 9.87 Å². The van der Waals surface area contributed by atoms with Crippen molar-refractivity contribution in [3.8, 4) is 5.75 Å². The average Bonchev–Trinajstić information content (AvgIpc) is 2.95. The molecule has 1 saturated heterocycles. The van der Waals surface area contributed by atoms with Crippen LogP contribution in [0.5, 0.6) is 5.75 Å². The minimum atomic E-state index is -3.55. The summed E-state index contributed by atoms with van der Waals surface area (Å²) in [7, 11) is -1.90. The van der Waals surface area contributed by atoms with Gasteiger partial charge in [0.25, 0.3) is 0 Å². The number of hydrogen-bond donors (Lipinski definition) is 0. The van der Waals surface area contributed by atoms with Crippen molar-refractivity contribution in [1.82, 2.24) is 14.4 Å². The molecule has 1 aromatic heterocycles. The highest BCUT2D eigenvalue weighted by atomic mass is 32.2. The van der Waals surface area contributed by atoms with Gasteiger partial charge >= 0.3 is 0 Å². The largest absolute Gasteiger partial charge is 0.497 e. The second kappa shape index (κ2) is 7.15. The van der Waals surface area contributed by atoms with Crippen LogP contribution >= 0.6 is 0 Å². The molecule has 0 radical (unpaired) electrons. The van der Waals surface area contributed by atoms with Crippen LogP contribution in [0.4, 0.5) is 0 Å². The molecule has 1 fully saturated rings. The third-order valence-corrected chi connectivity index (χ3v) is 6.61. The molecule has 0 spiro atoms. The zero-order chi connectivity index (χ0) is 18.0. The Hall–Kier alpha value is -1.90. The maximum atomic E-state index is 12.8. The van der Waals surface area contributed by atoms with Crippen molar-refractivity contribution in [2.75, 3.05) is 33.3 Å². The van der Waals surface area contributed by atoms with Crippen LogP contribution in [-0.2, 0) is 16.6 Å². The lowest BCUT2D eigenvalue weighted by Crippen LogP contribution is -2.48. The van der Waals surface area contributed by atoms with Crippen molar-refractivity contribution in [3.05, 3.63) is 41.3 Å². The third kappa shape index (κ3) is 3.70. The Labute approximate surface area is 148 Å². The van der Waals surface area contributed by atoms with E-state index in [1.807, 2.05) is 24.3 Å². The summed E-state index contributed by atoms with van der Waals surface area (Å²) in [6, 6.07) is 7.94. The minimum absolute atomic E-state index is 0.205. The van der Waals surface area contributed by atoms with Crippen LogP contribution < -0.4 is 4.74 Å². The Morgan fingerprint density at radius 3 is 2.28 bits per heavy atom. The zero-order valence-electron chi connectivity index (χ0n) is 14.7. The van der Waals surface area contributed by atoms with Crippen LogP contribution in [0, 0.1) is 13.8 Å². The fourth-order valence-electron chi connectivity index (χ4n) is 3.09. The quantitative estimate of drug-likeness (QED) is 0.804. The Morgan fingerprint density at radius 2 is 1.76 bits per heavy atom. The highest BCUT2D eigenvalue weighted by Crippen LogP contribution is 2.24. The number of methoxy groups -OCH3 is 1. The van der Waals surface area contributed by atoms with Gasteiger partial charge in [-0.25, -0.2) is 8.42 Å². The number of aromatic nitrogens is 1. The van der Waals surface area contributed by atoms with Gasteiger partial charge in [-0.05, 0) is 31.5 Å². The minimum Gasteiger partial charge on any atom is -0.497 e. The standard InChI is InChI=1S/C17H23N3O4S/c1-13-17(14(2)24-18-13)25(21,22)20-10-8-19(9-11-20)12-15-4-6-16(23-3)7-5-15/h4-7H,8-12H2,1-3H3. The summed E-state index contributed by atoms with van der Waals surface area (Å²) in [6.07, 6.45) is 0. The highest BCUT2D eigenvalue weighted by molar-refractivity contribution is 7.89. The molecular weight excluding hydrogens is 342 g/mol. The Kier molecular flexibility index (Phi) is 5.12. The molecule has 8 heteroatoms. The molecule has 1 aromatic carbocycles. The number of benzene rings is 1. The summed E-state index contributed by atoms with van der Waals surface area (Å²) in [5.41, 5.74) is 1.60. The van der Waals surface area contributed by atoms with Crippen molar-refractivity contribution in [1.29, 1.82) is 0 Å². The number of sulfonamides is 1. The van der Waals surface area contributed by atoms with Gasteiger partial charge in [-0.1, -0.05) is 17.3 Å². The molecule has 2 heterocycles. The maximum Gasteiger partial charge on any atom is 0.248 e. The molecule has 25 heavy (non-hydrogen) atoms. The average molecular weight is 365 g/mol. The number of ether oxygens (including phenoxy) is 1. The third-order valence-electron chi connectivity index (χ3n) is 4.46. The lowest BCUT2D eigenvalue weighted by molar-refractivity contribution is 0.181. The second-order valence-electron chi connectivity index (χ2n) is 6.18. The van der Waals surface area contributed by atoms with Crippen molar-refractivity contribution in [2.45, 2.75) is 25.3 Å². The molecule has 7 nitrogen and oxygen atoms in total. The lowest BCUT2D eigenvalue weighted by atomic mass is 10.2. The Balaban J connectivity index is 1.63. The number of piperazine rings is 1. The zero-order valence-corrected chi connectivity index (χ0v) is 15.5. The normalized spacial score (nSPS) is 16.9. The molecule has 0 unspecified atom stereocenters. The first-order valence-electron chi connectivity index (χ1n) is 8.20. The molecule has 0 aliphatic carbocycles. The van der Waals surface area contributed by atoms with Crippen LogP contribution in [0.25, 0.3) is 0 Å². The predicted molar refractivity (Wildman–Crippen MR) is 93.0 cm³/mol. The molecule has 0 N–H and O–H groups in total. The number of nitrogens with zero attached hydrogens (tertiary/aromatic N) is 3. The lowest BCUT2D eigenvalue weighted by Gasteiger charge is -2.33. The Morgan fingerprint density at radius 1 is 1.12 bits per heavy atom. The van der Waals surface area contributed by atoms with E-state index in [9.17, 15) is 8.42 Å². The molecule has 0 bridgehead atoms. The van der Waals surface area contributed by atoms with E-state index in [0.717, 1.165) is 12.3 Å². The van der Waals surface area contributed by atoms with Gasteiger partial charge in [-0.3, -0.25) is 4.90 Å². The summed E-state index contributed by atoms with van der Waals surface area (Å²) >= 11 is 0. The molecule has 1 aliphatic rings. The topological polar surface area (TPSA) is 75.9 Å². The summed E-state index contributed by atoms with van der Waals surface area (Å²) < 4.78 is 37.3. The van der Waals surface area contributed by atoms with E-state index in [-0.39, 0.29) is 4.90 Å². The molecule has 0 atom stereocenters. The summed E-state index contributed by atoms with van der Waals surface area (Å²) in [5, 5.41) is 3.76. The van der Waals surface area contributed by atoms with E-state index in [1.54, 1.807) is 21.0 Å². The van der Waals surface area contributed by atoms with Crippen LogP contribution in [-0.4, -0.2) is 56.1 Å². The molecule has 2 aromatic rings. The molecule has 0 saturated carbocycles. The fraction of sp³-hybridized carbons (Fsp3) is 0.471. The van der Waals surface area contributed by atoms with E-state index in [4.69, 9.17) is 9.26 Å². The Bertz CT molecular complexity index is 803. The molecule has 3 rings (SSSR count). The molecular formula is C17H23N3O4S. The number of rotatable bonds is 5. The van der Waals surface area contributed by atoms with Crippen molar-refractivity contribution >= 4 is 10.0 Å². The van der Waals surface area contributed by atoms with Crippen molar-refractivity contribution in [2.24, 2.45) is 0 Å². The van der Waals surface area contributed by atoms with Crippen LogP contribution in [0.15, 0.2) is 33.7 Å². The maximum absolute atomic E-state index is 12.8. The first kappa shape index (κ1) is 17.9. The van der Waals surface area contributed by atoms with Crippen molar-refractivity contribution in [3.63, 3.8) is 0 Å². The van der Waals surface area contributed by atoms with E-state index >= 15 is 0 Å². The first-order valence-corrected chi connectivity index (χ1v) is 9.64. The van der Waals surface area contributed by atoms with E-state index < -0.39 is 10.0 Å². The number of hydrogen-bond acceptors (Lipinski definition) is 6.